The fraction of sp³-hybridized carbons (Fsp3) is 0.526. The summed E-state index contributed by atoms with van der Waals surface area (Å²) in [4.78, 5) is 33.5. The highest BCUT2D eigenvalue weighted by molar-refractivity contribution is 5.76. The van der Waals surface area contributed by atoms with Crippen LogP contribution in [0, 0.1) is 0 Å². The van der Waals surface area contributed by atoms with Gasteiger partial charge in [0.25, 0.3) is 5.56 Å². The zero-order valence-corrected chi connectivity index (χ0v) is 14.9. The molecule has 3 N–H and O–H groups in total. The Bertz CT molecular complexity index is 805. The number of benzene rings is 1. The van der Waals surface area contributed by atoms with Gasteiger partial charge in [-0.15, -0.1) is 0 Å². The van der Waals surface area contributed by atoms with Crippen molar-refractivity contribution in [3.8, 4) is 0 Å². The molecule has 1 amide bonds. The van der Waals surface area contributed by atoms with Crippen LogP contribution in [0.1, 0.15) is 31.4 Å². The average molecular weight is 358 g/mol. The molecular formula is C19H26N4O3. The van der Waals surface area contributed by atoms with Crippen molar-refractivity contribution in [2.45, 2.75) is 38.1 Å². The highest BCUT2D eigenvalue weighted by atomic mass is 16.3. The van der Waals surface area contributed by atoms with E-state index in [-0.39, 0.29) is 30.5 Å². The van der Waals surface area contributed by atoms with E-state index in [4.69, 9.17) is 0 Å². The molecule has 26 heavy (non-hydrogen) atoms. The van der Waals surface area contributed by atoms with Crippen molar-refractivity contribution >= 4 is 16.9 Å². The molecule has 0 unspecified atom stereocenters. The molecule has 3 rings (SSSR count). The van der Waals surface area contributed by atoms with Crippen molar-refractivity contribution in [2.24, 2.45) is 0 Å². The fourth-order valence-corrected chi connectivity index (χ4v) is 3.46. The number of piperidine rings is 1. The number of nitrogens with one attached hydrogen (secondary N) is 2. The van der Waals surface area contributed by atoms with Gasteiger partial charge < -0.3 is 15.4 Å². The third-order valence-electron chi connectivity index (χ3n) is 4.94. The lowest BCUT2D eigenvalue weighted by atomic mass is 10.0. The number of H-pyrrole nitrogens is 1. The third kappa shape index (κ3) is 4.68. The number of fused-ring (bicyclic) bond motifs is 1. The number of aromatic nitrogens is 2. The van der Waals surface area contributed by atoms with E-state index in [9.17, 15) is 14.7 Å². The molecule has 0 bridgehead atoms. The van der Waals surface area contributed by atoms with E-state index in [1.165, 1.54) is 0 Å². The van der Waals surface area contributed by atoms with Gasteiger partial charge in [0.15, 0.2) is 0 Å². The van der Waals surface area contributed by atoms with E-state index in [1.54, 1.807) is 6.07 Å². The zero-order valence-electron chi connectivity index (χ0n) is 14.9. The van der Waals surface area contributed by atoms with Gasteiger partial charge in [0.1, 0.15) is 5.69 Å². The van der Waals surface area contributed by atoms with Crippen LogP contribution in [-0.4, -0.2) is 58.2 Å². The Morgan fingerprint density at radius 2 is 2.19 bits per heavy atom. The van der Waals surface area contributed by atoms with Crippen molar-refractivity contribution in [2.75, 3.05) is 26.2 Å². The maximum Gasteiger partial charge on any atom is 0.270 e. The number of aliphatic hydroxyl groups is 1. The van der Waals surface area contributed by atoms with Crippen LogP contribution < -0.4 is 10.9 Å². The smallest absolute Gasteiger partial charge is 0.270 e. The van der Waals surface area contributed by atoms with Crippen molar-refractivity contribution in [3.63, 3.8) is 0 Å². The predicted octanol–water partition coefficient (Wildman–Crippen LogP) is 0.819. The molecule has 1 aliphatic heterocycles. The highest BCUT2D eigenvalue weighted by Crippen LogP contribution is 2.15. The standard InChI is InChI=1S/C19H26N4O3/c24-13-14-5-3-4-11-23(14)12-10-20-18(25)9-8-17-19(26)22-16-7-2-1-6-15(16)21-17/h1-2,6-7,14,24H,3-5,8-13H2,(H,20,25)(H,22,26)/t14-/m1/s1. The minimum atomic E-state index is -0.240. The molecule has 1 aromatic heterocycles. The van der Waals surface area contributed by atoms with Crippen molar-refractivity contribution in [1.82, 2.24) is 20.2 Å². The summed E-state index contributed by atoms with van der Waals surface area (Å²) in [7, 11) is 0. The molecule has 2 aromatic rings. The number of aromatic amines is 1. The van der Waals surface area contributed by atoms with E-state index in [0.717, 1.165) is 37.9 Å². The first-order chi connectivity index (χ1) is 12.7. The molecule has 0 radical (unpaired) electrons. The first kappa shape index (κ1) is 18.5. The summed E-state index contributed by atoms with van der Waals surface area (Å²) in [5.74, 6) is -0.0862. The number of carbonyl (C=O) groups is 1. The van der Waals surface area contributed by atoms with Crippen molar-refractivity contribution in [1.29, 1.82) is 0 Å². The van der Waals surface area contributed by atoms with Gasteiger partial charge in [-0.05, 0) is 31.5 Å². The number of hydrogen-bond acceptors (Lipinski definition) is 5. The second-order valence-corrected chi connectivity index (χ2v) is 6.75. The van der Waals surface area contributed by atoms with Crippen molar-refractivity contribution < 1.29 is 9.90 Å². The minimum absolute atomic E-state index is 0.0862. The third-order valence-corrected chi connectivity index (χ3v) is 4.94. The molecule has 2 heterocycles. The molecule has 1 fully saturated rings. The number of para-hydroxylation sites is 2. The quantitative estimate of drug-likeness (QED) is 0.681. The summed E-state index contributed by atoms with van der Waals surface area (Å²) in [5, 5.41) is 12.3. The van der Waals surface area contributed by atoms with Gasteiger partial charge >= 0.3 is 0 Å². The van der Waals surface area contributed by atoms with E-state index in [2.05, 4.69) is 20.2 Å². The van der Waals surface area contributed by atoms with Gasteiger partial charge in [0.05, 0.1) is 17.6 Å². The summed E-state index contributed by atoms with van der Waals surface area (Å²) < 4.78 is 0. The molecule has 1 aromatic carbocycles. The maximum atomic E-state index is 12.1. The SMILES string of the molecule is O=C(CCc1nc2ccccc2[nH]c1=O)NCCN1CCCC[C@@H]1CO. The van der Waals surface area contributed by atoms with Crippen molar-refractivity contribution in [3.05, 3.63) is 40.3 Å². The molecule has 1 saturated heterocycles. The van der Waals surface area contributed by atoms with E-state index < -0.39 is 0 Å². The van der Waals surface area contributed by atoms with E-state index in [0.29, 0.717) is 24.2 Å². The largest absolute Gasteiger partial charge is 0.395 e. The first-order valence-corrected chi connectivity index (χ1v) is 9.27. The molecule has 0 spiro atoms. The Morgan fingerprint density at radius 3 is 3.04 bits per heavy atom. The van der Waals surface area contributed by atoms with Gasteiger partial charge in [-0.2, -0.15) is 0 Å². The van der Waals surface area contributed by atoms with E-state index in [1.807, 2.05) is 18.2 Å². The monoisotopic (exact) mass is 358 g/mol. The maximum absolute atomic E-state index is 12.1. The van der Waals surface area contributed by atoms with Crippen LogP contribution >= 0.6 is 0 Å². The summed E-state index contributed by atoms with van der Waals surface area (Å²) in [5.41, 5.74) is 1.57. The number of rotatable bonds is 7. The lowest BCUT2D eigenvalue weighted by Crippen LogP contribution is -2.45. The zero-order chi connectivity index (χ0) is 18.4. The number of nitrogens with zero attached hydrogens (tertiary/aromatic N) is 2. The molecule has 0 aliphatic carbocycles. The fourth-order valence-electron chi connectivity index (χ4n) is 3.46. The number of aryl methyl sites for hydroxylation is 1. The number of likely N-dealkylation sites (tertiary alicyclic amines) is 1. The van der Waals surface area contributed by atoms with Gasteiger partial charge in [0, 0.05) is 32.0 Å². The van der Waals surface area contributed by atoms with Crippen LogP contribution in [0.3, 0.4) is 0 Å². The lowest BCUT2D eigenvalue weighted by molar-refractivity contribution is -0.121. The first-order valence-electron chi connectivity index (χ1n) is 9.27. The molecular weight excluding hydrogens is 332 g/mol. The highest BCUT2D eigenvalue weighted by Gasteiger charge is 2.21. The van der Waals surface area contributed by atoms with Crippen LogP contribution in [-0.2, 0) is 11.2 Å². The normalized spacial score (nSPS) is 18.1. The number of carbonyl (C=O) groups excluding carboxylic acids is 1. The number of amides is 1. The number of aliphatic hydroxyl groups excluding tert-OH is 1. The number of hydrogen-bond donors (Lipinski definition) is 3. The van der Waals surface area contributed by atoms with Crippen LogP contribution in [0.25, 0.3) is 11.0 Å². The summed E-state index contributed by atoms with van der Waals surface area (Å²) >= 11 is 0. The van der Waals surface area contributed by atoms with Gasteiger partial charge in [-0.25, -0.2) is 4.98 Å². The molecule has 7 heteroatoms. The van der Waals surface area contributed by atoms with Crippen LogP contribution in [0.5, 0.6) is 0 Å². The Kier molecular flexibility index (Phi) is 6.35. The Hall–Kier alpha value is -2.25. The second-order valence-electron chi connectivity index (χ2n) is 6.75. The van der Waals surface area contributed by atoms with E-state index >= 15 is 0 Å². The summed E-state index contributed by atoms with van der Waals surface area (Å²) in [6, 6.07) is 7.56. The van der Waals surface area contributed by atoms with Gasteiger partial charge in [0.2, 0.25) is 5.91 Å². The van der Waals surface area contributed by atoms with Crippen LogP contribution in [0.2, 0.25) is 0 Å². The Morgan fingerprint density at radius 1 is 1.35 bits per heavy atom. The molecule has 0 saturated carbocycles. The lowest BCUT2D eigenvalue weighted by Gasteiger charge is -2.34. The average Bonchev–Trinajstić information content (AvgIpc) is 2.66. The molecule has 1 atom stereocenters. The minimum Gasteiger partial charge on any atom is -0.395 e. The Labute approximate surface area is 152 Å². The molecule has 140 valence electrons. The Balaban J connectivity index is 1.47. The van der Waals surface area contributed by atoms with Crippen LogP contribution in [0.15, 0.2) is 29.1 Å². The molecule has 7 nitrogen and oxygen atoms in total. The topological polar surface area (TPSA) is 98.3 Å². The second kappa shape index (κ2) is 8.91. The summed E-state index contributed by atoms with van der Waals surface area (Å²) in [6.45, 7) is 2.43. The van der Waals surface area contributed by atoms with Crippen LogP contribution in [0.4, 0.5) is 0 Å². The summed E-state index contributed by atoms with van der Waals surface area (Å²) in [6.07, 6.45) is 3.86. The van der Waals surface area contributed by atoms with Gasteiger partial charge in [-0.3, -0.25) is 14.5 Å². The predicted molar refractivity (Wildman–Crippen MR) is 100.0 cm³/mol. The molecule has 1 aliphatic rings. The van der Waals surface area contributed by atoms with Gasteiger partial charge in [-0.1, -0.05) is 18.6 Å².